The Kier molecular flexibility index (Phi) is 4.09. The maximum atomic E-state index is 4.88. The minimum Gasteiger partial charge on any atom is -0.317 e. The van der Waals surface area contributed by atoms with Gasteiger partial charge in [0.05, 0.1) is 29.8 Å². The van der Waals surface area contributed by atoms with E-state index in [0.29, 0.717) is 6.04 Å². The van der Waals surface area contributed by atoms with Gasteiger partial charge >= 0.3 is 0 Å². The first-order chi connectivity index (χ1) is 14.8. The largest absolute Gasteiger partial charge is 0.317 e. The van der Waals surface area contributed by atoms with E-state index in [4.69, 9.17) is 5.10 Å². The molecule has 0 saturated carbocycles. The van der Waals surface area contributed by atoms with Crippen molar-refractivity contribution in [3.63, 3.8) is 0 Å². The van der Waals surface area contributed by atoms with Crippen molar-refractivity contribution in [2.45, 2.75) is 25.3 Å². The lowest BCUT2D eigenvalue weighted by Crippen LogP contribution is -2.29. The summed E-state index contributed by atoms with van der Waals surface area (Å²) >= 11 is 0. The molecular weight excluding hydrogens is 376 g/mol. The minimum absolute atomic E-state index is 0.464. The van der Waals surface area contributed by atoms with Gasteiger partial charge in [-0.25, -0.2) is 14.5 Å². The molecule has 1 aliphatic rings. The van der Waals surface area contributed by atoms with Crippen LogP contribution in [0.25, 0.3) is 22.6 Å². The predicted molar refractivity (Wildman–Crippen MR) is 113 cm³/mol. The van der Waals surface area contributed by atoms with Crippen molar-refractivity contribution in [1.82, 2.24) is 39.1 Å². The fraction of sp³-hybridized carbons (Fsp3) is 0.273. The molecule has 0 amide bonds. The van der Waals surface area contributed by atoms with E-state index in [-0.39, 0.29) is 0 Å². The molecule has 1 saturated heterocycles. The normalized spacial score (nSPS) is 15.3. The van der Waals surface area contributed by atoms with Crippen LogP contribution in [0, 0.1) is 0 Å². The van der Waals surface area contributed by atoms with Crippen molar-refractivity contribution in [2.75, 3.05) is 13.1 Å². The van der Waals surface area contributed by atoms with Crippen LogP contribution in [0.4, 0.5) is 0 Å². The predicted octanol–water partition coefficient (Wildman–Crippen LogP) is 2.76. The van der Waals surface area contributed by atoms with Gasteiger partial charge in [0.25, 0.3) is 0 Å². The minimum atomic E-state index is 0.464. The van der Waals surface area contributed by atoms with Gasteiger partial charge in [-0.3, -0.25) is 4.68 Å². The van der Waals surface area contributed by atoms with E-state index in [2.05, 4.69) is 43.5 Å². The van der Waals surface area contributed by atoms with Gasteiger partial charge in [0, 0.05) is 36.8 Å². The molecule has 0 aromatic carbocycles. The topological polar surface area (TPSA) is 77.3 Å². The van der Waals surface area contributed by atoms with Crippen LogP contribution in [0.3, 0.4) is 0 Å². The quantitative estimate of drug-likeness (QED) is 0.504. The van der Waals surface area contributed by atoms with Crippen molar-refractivity contribution >= 4 is 11.3 Å². The first kappa shape index (κ1) is 17.3. The van der Waals surface area contributed by atoms with Crippen molar-refractivity contribution in [3.05, 3.63) is 72.7 Å². The number of pyridine rings is 1. The van der Waals surface area contributed by atoms with Crippen LogP contribution in [0.2, 0.25) is 0 Å². The molecule has 0 atom stereocenters. The lowest BCUT2D eigenvalue weighted by atomic mass is 10.1. The highest BCUT2D eigenvalue weighted by Crippen LogP contribution is 2.23. The summed E-state index contributed by atoms with van der Waals surface area (Å²) in [4.78, 5) is 8.84. The third kappa shape index (κ3) is 3.05. The molecule has 0 radical (unpaired) electrons. The van der Waals surface area contributed by atoms with Crippen LogP contribution in [-0.4, -0.2) is 46.9 Å². The number of rotatable bonds is 4. The number of hydrogen-bond acceptors (Lipinski definition) is 5. The van der Waals surface area contributed by atoms with Gasteiger partial charge < -0.3 is 9.72 Å². The molecule has 0 spiro atoms. The Morgan fingerprint density at radius 2 is 1.87 bits per heavy atom. The van der Waals surface area contributed by atoms with E-state index >= 15 is 0 Å². The molecule has 5 aromatic heterocycles. The molecule has 30 heavy (non-hydrogen) atoms. The highest BCUT2D eigenvalue weighted by atomic mass is 15.3. The van der Waals surface area contributed by atoms with Crippen molar-refractivity contribution in [3.8, 4) is 11.3 Å². The molecule has 6 rings (SSSR count). The lowest BCUT2D eigenvalue weighted by Gasteiger charge is -2.22. The molecule has 6 heterocycles. The van der Waals surface area contributed by atoms with Crippen LogP contribution in [0.1, 0.15) is 30.1 Å². The number of piperidine rings is 1. The summed E-state index contributed by atoms with van der Waals surface area (Å²) in [5.74, 6) is 0. The van der Waals surface area contributed by atoms with Crippen LogP contribution >= 0.6 is 0 Å². The Bertz CT molecular complexity index is 1320. The summed E-state index contributed by atoms with van der Waals surface area (Å²) in [6, 6.07) is 8.65. The van der Waals surface area contributed by atoms with E-state index in [1.165, 1.54) is 5.56 Å². The molecule has 1 N–H and O–H groups in total. The molecule has 8 heteroatoms. The molecule has 1 aliphatic heterocycles. The third-order valence-electron chi connectivity index (χ3n) is 5.85. The van der Waals surface area contributed by atoms with Crippen molar-refractivity contribution in [1.29, 1.82) is 0 Å². The first-order valence-corrected chi connectivity index (χ1v) is 10.3. The Labute approximate surface area is 173 Å². The molecular formula is C22H22N8. The van der Waals surface area contributed by atoms with Gasteiger partial charge in [0.1, 0.15) is 5.65 Å². The van der Waals surface area contributed by atoms with E-state index in [0.717, 1.165) is 60.6 Å². The molecule has 5 aromatic rings. The number of nitrogens with zero attached hydrogens (tertiary/aromatic N) is 7. The van der Waals surface area contributed by atoms with Gasteiger partial charge in [0.15, 0.2) is 5.65 Å². The number of imidazole rings is 2. The summed E-state index contributed by atoms with van der Waals surface area (Å²) in [7, 11) is 0. The maximum absolute atomic E-state index is 4.88. The van der Waals surface area contributed by atoms with E-state index < -0.39 is 0 Å². The van der Waals surface area contributed by atoms with Gasteiger partial charge in [-0.15, -0.1) is 0 Å². The fourth-order valence-electron chi connectivity index (χ4n) is 4.22. The zero-order chi connectivity index (χ0) is 19.9. The van der Waals surface area contributed by atoms with E-state index in [9.17, 15) is 0 Å². The van der Waals surface area contributed by atoms with Crippen LogP contribution in [0.15, 0.2) is 61.4 Å². The SMILES string of the molecule is c1cn2cc(Cc3cnc4ccc(-c5cnn(C6CCNCC6)c5)nn34)ccc2n1. The first-order valence-electron chi connectivity index (χ1n) is 10.3. The Hall–Kier alpha value is -3.52. The summed E-state index contributed by atoms with van der Waals surface area (Å²) < 4.78 is 6.07. The second kappa shape index (κ2) is 7.07. The van der Waals surface area contributed by atoms with Crippen molar-refractivity contribution < 1.29 is 0 Å². The number of fused-ring (bicyclic) bond motifs is 2. The smallest absolute Gasteiger partial charge is 0.153 e. The third-order valence-corrected chi connectivity index (χ3v) is 5.85. The van der Waals surface area contributed by atoms with Gasteiger partial charge in [-0.1, -0.05) is 6.07 Å². The summed E-state index contributed by atoms with van der Waals surface area (Å²) in [6.07, 6.45) is 14.8. The van der Waals surface area contributed by atoms with Crippen LogP contribution < -0.4 is 5.32 Å². The average Bonchev–Trinajstić information content (AvgIpc) is 3.54. The van der Waals surface area contributed by atoms with E-state index in [1.807, 2.05) is 51.9 Å². The summed E-state index contributed by atoms with van der Waals surface area (Å²) in [6.45, 7) is 2.10. The van der Waals surface area contributed by atoms with Crippen molar-refractivity contribution in [2.24, 2.45) is 0 Å². The standard InChI is InChI=1S/C22H22N8/c1-3-21-24-9-10-28(21)14-16(1)11-19-13-25-22-4-2-20(27-30(19)22)17-12-26-29(15-17)18-5-7-23-8-6-18/h1-4,9-10,12-15,18,23H,5-8,11H2. The second-order valence-electron chi connectivity index (χ2n) is 7.84. The molecule has 8 nitrogen and oxygen atoms in total. The Morgan fingerprint density at radius 1 is 0.967 bits per heavy atom. The highest BCUT2D eigenvalue weighted by Gasteiger charge is 2.17. The molecule has 1 fully saturated rings. The van der Waals surface area contributed by atoms with Gasteiger partial charge in [-0.05, 0) is 49.7 Å². The maximum Gasteiger partial charge on any atom is 0.153 e. The van der Waals surface area contributed by atoms with E-state index in [1.54, 1.807) is 0 Å². The fourth-order valence-corrected chi connectivity index (χ4v) is 4.22. The zero-order valence-corrected chi connectivity index (χ0v) is 16.5. The average molecular weight is 398 g/mol. The number of hydrogen-bond donors (Lipinski definition) is 1. The molecule has 150 valence electrons. The molecule has 0 aliphatic carbocycles. The second-order valence-corrected chi connectivity index (χ2v) is 7.84. The Balaban J connectivity index is 1.31. The number of nitrogens with one attached hydrogen (secondary N) is 1. The molecule has 0 unspecified atom stereocenters. The lowest BCUT2D eigenvalue weighted by molar-refractivity contribution is 0.343. The van der Waals surface area contributed by atoms with Crippen LogP contribution in [-0.2, 0) is 6.42 Å². The Morgan fingerprint density at radius 3 is 2.80 bits per heavy atom. The summed E-state index contributed by atoms with van der Waals surface area (Å²) in [5, 5.41) is 12.9. The molecule has 0 bridgehead atoms. The van der Waals surface area contributed by atoms with Gasteiger partial charge in [-0.2, -0.15) is 10.2 Å². The zero-order valence-electron chi connectivity index (χ0n) is 16.5. The van der Waals surface area contributed by atoms with Crippen LogP contribution in [0.5, 0.6) is 0 Å². The monoisotopic (exact) mass is 398 g/mol. The highest BCUT2D eigenvalue weighted by molar-refractivity contribution is 5.58. The number of aromatic nitrogens is 7. The van der Waals surface area contributed by atoms with Gasteiger partial charge in [0.2, 0.25) is 0 Å². The summed E-state index contributed by atoms with van der Waals surface area (Å²) in [5.41, 5.74) is 5.98.